The molecule has 0 aliphatic heterocycles. The van der Waals surface area contributed by atoms with Gasteiger partial charge in [0.05, 0.1) is 6.54 Å². The maximum Gasteiger partial charge on any atom is 0.345 e. The summed E-state index contributed by atoms with van der Waals surface area (Å²) in [5, 5.41) is 10.1. The molecule has 146 valence electrons. The molecule has 0 unspecified atom stereocenters. The number of thiophene rings is 1. The van der Waals surface area contributed by atoms with Crippen LogP contribution in [0, 0.1) is 0 Å². The molecule has 2 aromatic heterocycles. The van der Waals surface area contributed by atoms with Crippen molar-refractivity contribution in [3.05, 3.63) is 96.7 Å². The van der Waals surface area contributed by atoms with Crippen LogP contribution >= 0.6 is 43.2 Å². The fourth-order valence-electron chi connectivity index (χ4n) is 3.27. The molecule has 3 nitrogen and oxygen atoms in total. The Morgan fingerprint density at radius 3 is 2.62 bits per heavy atom. The van der Waals surface area contributed by atoms with Gasteiger partial charge < -0.3 is 9.67 Å². The molecule has 4 aromatic rings. The van der Waals surface area contributed by atoms with Crippen molar-refractivity contribution >= 4 is 66.1 Å². The van der Waals surface area contributed by atoms with Crippen LogP contribution in [0.15, 0.2) is 75.8 Å². The molecule has 5 rings (SSSR count). The van der Waals surface area contributed by atoms with Crippen molar-refractivity contribution in [3.63, 3.8) is 0 Å². The molecule has 0 bridgehead atoms. The van der Waals surface area contributed by atoms with Crippen LogP contribution in [0.2, 0.25) is 0 Å². The standard InChI is InChI=1S/C14H10BrNO2S.C9H7Br/c15-10-2-1-9-5-6-16(12(9)7-10)8-11-3-4-13(19-11)14(17)18;10-9-5-4-7-2-1-3-8(7)6-9/h1-7H,8H2,(H,17,18);1-2,4-6H,3H2. The third kappa shape index (κ3) is 4.71. The number of carboxylic acid groups (broad SMARTS) is 1. The highest BCUT2D eigenvalue weighted by molar-refractivity contribution is 9.10. The Labute approximate surface area is 189 Å². The average molecular weight is 531 g/mol. The van der Waals surface area contributed by atoms with E-state index in [1.807, 2.05) is 18.3 Å². The summed E-state index contributed by atoms with van der Waals surface area (Å²) in [7, 11) is 0. The molecule has 0 spiro atoms. The second kappa shape index (κ2) is 8.69. The number of fused-ring (bicyclic) bond motifs is 2. The van der Waals surface area contributed by atoms with Gasteiger partial charge in [-0.15, -0.1) is 11.3 Å². The number of nitrogens with zero attached hydrogens (tertiary/aromatic N) is 1. The van der Waals surface area contributed by atoms with Crippen LogP contribution in [-0.4, -0.2) is 15.6 Å². The average Bonchev–Trinajstić information content (AvgIpc) is 3.42. The highest BCUT2D eigenvalue weighted by atomic mass is 79.9. The highest BCUT2D eigenvalue weighted by Crippen LogP contribution is 2.24. The first-order valence-electron chi connectivity index (χ1n) is 9.01. The molecule has 0 radical (unpaired) electrons. The van der Waals surface area contributed by atoms with Crippen molar-refractivity contribution in [2.75, 3.05) is 0 Å². The first-order chi connectivity index (χ1) is 14.0. The molecule has 0 saturated heterocycles. The summed E-state index contributed by atoms with van der Waals surface area (Å²) in [6.45, 7) is 0.692. The minimum atomic E-state index is -0.864. The molecule has 1 aliphatic carbocycles. The maximum atomic E-state index is 10.9. The van der Waals surface area contributed by atoms with E-state index in [4.69, 9.17) is 5.11 Å². The Kier molecular flexibility index (Phi) is 6.04. The highest BCUT2D eigenvalue weighted by Gasteiger charge is 2.08. The molecule has 1 aliphatic rings. The topological polar surface area (TPSA) is 42.2 Å². The molecule has 2 heterocycles. The summed E-state index contributed by atoms with van der Waals surface area (Å²) in [5.41, 5.74) is 3.93. The monoisotopic (exact) mass is 529 g/mol. The second-order valence-corrected chi connectivity index (χ2v) is 9.67. The lowest BCUT2D eigenvalue weighted by atomic mass is 10.1. The van der Waals surface area contributed by atoms with Crippen LogP contribution in [0.5, 0.6) is 0 Å². The first kappa shape index (κ1) is 20.1. The predicted octanol–water partition coefficient (Wildman–Crippen LogP) is 7.23. The van der Waals surface area contributed by atoms with Crippen molar-refractivity contribution in [3.8, 4) is 0 Å². The van der Waals surface area contributed by atoms with Gasteiger partial charge in [-0.3, -0.25) is 0 Å². The number of hydrogen-bond donors (Lipinski definition) is 1. The van der Waals surface area contributed by atoms with Crippen molar-refractivity contribution in [2.24, 2.45) is 0 Å². The van der Waals surface area contributed by atoms with E-state index in [0.717, 1.165) is 21.3 Å². The molecule has 0 fully saturated rings. The van der Waals surface area contributed by atoms with Crippen LogP contribution in [0.3, 0.4) is 0 Å². The van der Waals surface area contributed by atoms with Gasteiger partial charge in [0.1, 0.15) is 4.88 Å². The van der Waals surface area contributed by atoms with E-state index in [0.29, 0.717) is 11.4 Å². The molecule has 0 saturated carbocycles. The molecule has 1 N–H and O–H groups in total. The van der Waals surface area contributed by atoms with Crippen molar-refractivity contribution in [2.45, 2.75) is 13.0 Å². The number of aromatic carboxylic acids is 1. The maximum absolute atomic E-state index is 10.9. The summed E-state index contributed by atoms with van der Waals surface area (Å²) < 4.78 is 4.34. The van der Waals surface area contributed by atoms with Crippen LogP contribution in [0.4, 0.5) is 0 Å². The van der Waals surface area contributed by atoms with Crippen LogP contribution in [0.25, 0.3) is 17.0 Å². The number of halogens is 2. The normalized spacial score (nSPS) is 11.9. The van der Waals surface area contributed by atoms with E-state index < -0.39 is 5.97 Å². The Bertz CT molecular complexity index is 1220. The van der Waals surface area contributed by atoms with E-state index >= 15 is 0 Å². The fourth-order valence-corrected chi connectivity index (χ4v) is 4.87. The number of carbonyl (C=O) groups is 1. The summed E-state index contributed by atoms with van der Waals surface area (Å²) in [4.78, 5) is 12.3. The Balaban J connectivity index is 0.000000171. The fraction of sp³-hybridized carbons (Fsp3) is 0.0870. The van der Waals surface area contributed by atoms with Gasteiger partial charge in [-0.2, -0.15) is 0 Å². The van der Waals surface area contributed by atoms with Gasteiger partial charge in [-0.05, 0) is 65.4 Å². The Morgan fingerprint density at radius 2 is 1.83 bits per heavy atom. The lowest BCUT2D eigenvalue weighted by molar-refractivity contribution is 0.0702. The number of benzene rings is 2. The molecule has 29 heavy (non-hydrogen) atoms. The molecule has 2 aromatic carbocycles. The smallest absolute Gasteiger partial charge is 0.345 e. The quantitative estimate of drug-likeness (QED) is 0.303. The molecule has 6 heteroatoms. The van der Waals surface area contributed by atoms with E-state index in [1.54, 1.807) is 6.07 Å². The Hall–Kier alpha value is -2.15. The Morgan fingerprint density at radius 1 is 1.03 bits per heavy atom. The van der Waals surface area contributed by atoms with E-state index in [2.05, 4.69) is 85.0 Å². The minimum absolute atomic E-state index is 0.382. The predicted molar refractivity (Wildman–Crippen MR) is 127 cm³/mol. The SMILES string of the molecule is Brc1ccc2c(c1)CC=C2.O=C(O)c1ccc(Cn2ccc3ccc(Br)cc32)s1. The number of allylic oxidation sites excluding steroid dienone is 1. The summed E-state index contributed by atoms with van der Waals surface area (Å²) >= 11 is 8.23. The number of hydrogen-bond acceptors (Lipinski definition) is 2. The first-order valence-corrected chi connectivity index (χ1v) is 11.4. The van der Waals surface area contributed by atoms with Crippen LogP contribution < -0.4 is 0 Å². The lowest BCUT2D eigenvalue weighted by Crippen LogP contribution is -1.95. The van der Waals surface area contributed by atoms with Gasteiger partial charge in [0, 0.05) is 25.5 Å². The third-order valence-electron chi connectivity index (χ3n) is 4.67. The van der Waals surface area contributed by atoms with Crippen molar-refractivity contribution in [1.29, 1.82) is 0 Å². The van der Waals surface area contributed by atoms with Gasteiger partial charge >= 0.3 is 5.97 Å². The largest absolute Gasteiger partial charge is 0.477 e. The lowest BCUT2D eigenvalue weighted by Gasteiger charge is -2.03. The van der Waals surface area contributed by atoms with E-state index in [9.17, 15) is 4.79 Å². The summed E-state index contributed by atoms with van der Waals surface area (Å²) in [5.74, 6) is -0.864. The van der Waals surface area contributed by atoms with E-state index in [-0.39, 0.29) is 0 Å². The summed E-state index contributed by atoms with van der Waals surface area (Å²) in [6, 6.07) is 18.1. The summed E-state index contributed by atoms with van der Waals surface area (Å²) in [6.07, 6.45) is 7.48. The molecular formula is C23H17Br2NO2S. The van der Waals surface area contributed by atoms with Gasteiger partial charge in [-0.25, -0.2) is 4.79 Å². The van der Waals surface area contributed by atoms with Crippen LogP contribution in [0.1, 0.15) is 25.7 Å². The zero-order valence-electron chi connectivity index (χ0n) is 15.3. The molecule has 0 amide bonds. The van der Waals surface area contributed by atoms with Gasteiger partial charge in [-0.1, -0.05) is 56.1 Å². The van der Waals surface area contributed by atoms with Crippen LogP contribution in [-0.2, 0) is 13.0 Å². The zero-order valence-corrected chi connectivity index (χ0v) is 19.3. The van der Waals surface area contributed by atoms with Gasteiger partial charge in [0.2, 0.25) is 0 Å². The van der Waals surface area contributed by atoms with Crippen molar-refractivity contribution < 1.29 is 9.90 Å². The number of rotatable bonds is 3. The second-order valence-electron chi connectivity index (χ2n) is 6.67. The molecular weight excluding hydrogens is 514 g/mol. The number of carboxylic acids is 1. The minimum Gasteiger partial charge on any atom is -0.477 e. The van der Waals surface area contributed by atoms with E-state index in [1.165, 1.54) is 32.3 Å². The van der Waals surface area contributed by atoms with Gasteiger partial charge in [0.25, 0.3) is 0 Å². The third-order valence-corrected chi connectivity index (χ3v) is 6.72. The zero-order chi connectivity index (χ0) is 20.4. The molecule has 0 atom stereocenters. The number of aromatic nitrogens is 1. The van der Waals surface area contributed by atoms with Crippen molar-refractivity contribution in [1.82, 2.24) is 4.57 Å². The van der Waals surface area contributed by atoms with Gasteiger partial charge in [0.15, 0.2) is 0 Å².